The Kier molecular flexibility index (Phi) is 6.59. The molecule has 3 rings (SSSR count). The van der Waals surface area contributed by atoms with Crippen molar-refractivity contribution in [2.24, 2.45) is 10.8 Å². The summed E-state index contributed by atoms with van der Waals surface area (Å²) in [5, 5.41) is 10.4. The predicted molar refractivity (Wildman–Crippen MR) is 121 cm³/mol. The van der Waals surface area contributed by atoms with Crippen LogP contribution in [0.15, 0.2) is 24.3 Å². The summed E-state index contributed by atoms with van der Waals surface area (Å²) in [5.41, 5.74) is 1.01. The molecule has 0 bridgehead atoms. The summed E-state index contributed by atoms with van der Waals surface area (Å²) in [4.78, 5) is 26.3. The van der Waals surface area contributed by atoms with Gasteiger partial charge in [-0.3, -0.25) is 14.5 Å². The molecule has 5 nitrogen and oxygen atoms in total. The largest absolute Gasteiger partial charge is 0.491 e. The predicted octanol–water partition coefficient (Wildman–Crippen LogP) is 4.02. The van der Waals surface area contributed by atoms with Gasteiger partial charge in [-0.2, -0.15) is 11.8 Å². The summed E-state index contributed by atoms with van der Waals surface area (Å²) >= 11 is 1.72. The number of thioether (sulfide) groups is 1. The molecular weight excluding hydrogens is 398 g/mol. The first-order valence-electron chi connectivity index (χ1n) is 10.8. The molecule has 6 heteroatoms. The lowest BCUT2D eigenvalue weighted by Crippen LogP contribution is -2.41. The molecule has 2 aliphatic heterocycles. The van der Waals surface area contributed by atoms with Gasteiger partial charge in [0.2, 0.25) is 11.8 Å². The van der Waals surface area contributed by atoms with E-state index < -0.39 is 11.5 Å². The molecule has 166 valence electrons. The highest BCUT2D eigenvalue weighted by Crippen LogP contribution is 2.45. The first-order chi connectivity index (χ1) is 13.9. The second kappa shape index (κ2) is 8.54. The summed E-state index contributed by atoms with van der Waals surface area (Å²) in [7, 11) is 0. The number of β-amino-alcohol motifs (C(OH)–C–C–N with tert-alkyl or cyclic N) is 1. The first-order valence-corrected chi connectivity index (χ1v) is 11.9. The number of aliphatic hydroxyl groups is 1. The van der Waals surface area contributed by atoms with Gasteiger partial charge in [0.05, 0.1) is 12.0 Å². The highest BCUT2D eigenvalue weighted by Gasteiger charge is 2.53. The van der Waals surface area contributed by atoms with E-state index in [1.807, 2.05) is 12.1 Å². The number of carbonyl (C=O) groups is 2. The van der Waals surface area contributed by atoms with Gasteiger partial charge in [0, 0.05) is 12.2 Å². The Labute approximate surface area is 184 Å². The van der Waals surface area contributed by atoms with Crippen molar-refractivity contribution >= 4 is 23.6 Å². The molecule has 2 aliphatic rings. The Morgan fingerprint density at radius 1 is 1.17 bits per heavy atom. The highest BCUT2D eigenvalue weighted by atomic mass is 32.2. The van der Waals surface area contributed by atoms with Crippen molar-refractivity contribution in [3.8, 4) is 5.75 Å². The molecule has 0 radical (unpaired) electrons. The van der Waals surface area contributed by atoms with Crippen molar-refractivity contribution in [1.82, 2.24) is 4.90 Å². The zero-order valence-electron chi connectivity index (χ0n) is 18.9. The third kappa shape index (κ3) is 5.20. The number of nitrogens with zero attached hydrogens (tertiary/aromatic N) is 1. The van der Waals surface area contributed by atoms with Crippen LogP contribution in [0.3, 0.4) is 0 Å². The number of hydrogen-bond donors (Lipinski definition) is 1. The van der Waals surface area contributed by atoms with Crippen molar-refractivity contribution in [2.45, 2.75) is 65.4 Å². The van der Waals surface area contributed by atoms with Crippen molar-refractivity contribution < 1.29 is 19.4 Å². The third-order valence-corrected chi connectivity index (χ3v) is 7.29. The van der Waals surface area contributed by atoms with Crippen molar-refractivity contribution in [3.63, 3.8) is 0 Å². The van der Waals surface area contributed by atoms with Crippen LogP contribution in [0.4, 0.5) is 0 Å². The number of benzene rings is 1. The van der Waals surface area contributed by atoms with Gasteiger partial charge in [-0.1, -0.05) is 46.8 Å². The lowest BCUT2D eigenvalue weighted by molar-refractivity contribution is -0.142. The van der Waals surface area contributed by atoms with E-state index in [0.29, 0.717) is 11.5 Å². The average molecular weight is 434 g/mol. The lowest BCUT2D eigenvalue weighted by atomic mass is 9.72. The fourth-order valence-corrected chi connectivity index (χ4v) is 6.29. The molecule has 2 amide bonds. The van der Waals surface area contributed by atoms with E-state index in [4.69, 9.17) is 4.74 Å². The standard InChI is InChI=1S/C24H35NO4S/c1-22(2,3)15-23(4,5)17-6-8-19(9-7-17)29-14-18(26)13-25-20(27)12-24(21(25)28)10-11-30-16-24/h6-9,18,26H,10-16H2,1-5H3/t18-,24-/m1/s1. The van der Waals surface area contributed by atoms with E-state index in [1.165, 1.54) is 10.5 Å². The van der Waals surface area contributed by atoms with E-state index in [0.717, 1.165) is 18.6 Å². The van der Waals surface area contributed by atoms with E-state index in [2.05, 4.69) is 46.8 Å². The number of aliphatic hydroxyl groups excluding tert-OH is 1. The molecule has 0 saturated carbocycles. The number of carbonyl (C=O) groups excluding carboxylic acids is 2. The molecule has 2 heterocycles. The molecule has 1 aromatic rings. The van der Waals surface area contributed by atoms with Crippen LogP contribution in [0, 0.1) is 10.8 Å². The zero-order chi connectivity index (χ0) is 22.2. The van der Waals surface area contributed by atoms with Gasteiger partial charge in [-0.15, -0.1) is 0 Å². The second-order valence-electron chi connectivity index (χ2n) is 10.7. The first kappa shape index (κ1) is 23.1. The van der Waals surface area contributed by atoms with Crippen LogP contribution >= 0.6 is 11.8 Å². The van der Waals surface area contributed by atoms with Gasteiger partial charge in [-0.05, 0) is 47.1 Å². The van der Waals surface area contributed by atoms with Gasteiger partial charge in [-0.25, -0.2) is 0 Å². The minimum Gasteiger partial charge on any atom is -0.491 e. The maximum atomic E-state index is 12.7. The van der Waals surface area contributed by atoms with Crippen LogP contribution in [-0.4, -0.2) is 52.6 Å². The SMILES string of the molecule is CC(C)(C)CC(C)(C)c1ccc(OC[C@H](O)CN2C(=O)C[C@@]3(CCSC3)C2=O)cc1. The topological polar surface area (TPSA) is 66.8 Å². The molecule has 30 heavy (non-hydrogen) atoms. The minimum absolute atomic E-state index is 0.000774. The van der Waals surface area contributed by atoms with E-state index in [9.17, 15) is 14.7 Å². The van der Waals surface area contributed by atoms with Crippen LogP contribution in [-0.2, 0) is 15.0 Å². The van der Waals surface area contributed by atoms with E-state index in [-0.39, 0.29) is 42.2 Å². The molecule has 2 fully saturated rings. The van der Waals surface area contributed by atoms with Gasteiger partial charge in [0.15, 0.2) is 0 Å². The minimum atomic E-state index is -0.904. The van der Waals surface area contributed by atoms with Crippen molar-refractivity contribution in [2.75, 3.05) is 24.7 Å². The summed E-state index contributed by atoms with van der Waals surface area (Å²) in [6, 6.07) is 7.98. The van der Waals surface area contributed by atoms with Crippen LogP contribution in [0.25, 0.3) is 0 Å². The lowest BCUT2D eigenvalue weighted by Gasteiger charge is -2.33. The number of amides is 2. The van der Waals surface area contributed by atoms with Crippen LogP contribution in [0.1, 0.15) is 59.4 Å². The molecule has 1 spiro atoms. The zero-order valence-corrected chi connectivity index (χ0v) is 19.7. The van der Waals surface area contributed by atoms with Gasteiger partial charge >= 0.3 is 0 Å². The molecular formula is C24H35NO4S. The maximum absolute atomic E-state index is 12.7. The highest BCUT2D eigenvalue weighted by molar-refractivity contribution is 7.99. The Morgan fingerprint density at radius 3 is 2.40 bits per heavy atom. The summed E-state index contributed by atoms with van der Waals surface area (Å²) in [6.07, 6.45) is 1.19. The summed E-state index contributed by atoms with van der Waals surface area (Å²) in [5.74, 6) is 2.00. The van der Waals surface area contributed by atoms with E-state index >= 15 is 0 Å². The number of ether oxygens (including phenoxy) is 1. The van der Waals surface area contributed by atoms with Gasteiger partial charge in [0.1, 0.15) is 18.5 Å². The van der Waals surface area contributed by atoms with Crippen LogP contribution < -0.4 is 4.74 Å². The molecule has 0 aromatic heterocycles. The number of likely N-dealkylation sites (tertiary alicyclic amines) is 1. The fourth-order valence-electron chi connectivity index (χ4n) is 4.85. The summed E-state index contributed by atoms with van der Waals surface area (Å²) < 4.78 is 5.73. The smallest absolute Gasteiger partial charge is 0.236 e. The Hall–Kier alpha value is -1.53. The number of imide groups is 1. The summed E-state index contributed by atoms with van der Waals surface area (Å²) in [6.45, 7) is 11.3. The molecule has 1 aromatic carbocycles. The van der Waals surface area contributed by atoms with Crippen molar-refractivity contribution in [3.05, 3.63) is 29.8 Å². The Balaban J connectivity index is 1.53. The Bertz CT molecular complexity index is 775. The number of rotatable bonds is 7. The Morgan fingerprint density at radius 2 is 1.83 bits per heavy atom. The van der Waals surface area contributed by atoms with Gasteiger partial charge < -0.3 is 9.84 Å². The monoisotopic (exact) mass is 433 g/mol. The molecule has 2 atom stereocenters. The maximum Gasteiger partial charge on any atom is 0.236 e. The number of hydrogen-bond acceptors (Lipinski definition) is 5. The molecule has 0 unspecified atom stereocenters. The van der Waals surface area contributed by atoms with Crippen molar-refractivity contribution in [1.29, 1.82) is 0 Å². The van der Waals surface area contributed by atoms with Crippen LogP contribution in [0.2, 0.25) is 0 Å². The fraction of sp³-hybridized carbons (Fsp3) is 0.667. The quantitative estimate of drug-likeness (QED) is 0.658. The average Bonchev–Trinajstić information content (AvgIpc) is 3.19. The van der Waals surface area contributed by atoms with Gasteiger partial charge in [0.25, 0.3) is 0 Å². The normalized spacial score (nSPS) is 23.5. The third-order valence-electron chi connectivity index (χ3n) is 6.04. The second-order valence-corrected chi connectivity index (χ2v) is 11.8. The molecule has 1 N–H and O–H groups in total. The van der Waals surface area contributed by atoms with E-state index in [1.54, 1.807) is 11.8 Å². The molecule has 2 saturated heterocycles. The molecule has 0 aliphatic carbocycles. The van der Waals surface area contributed by atoms with Crippen LogP contribution in [0.5, 0.6) is 5.75 Å².